The van der Waals surface area contributed by atoms with Crippen molar-refractivity contribution < 1.29 is 5.11 Å². The van der Waals surface area contributed by atoms with Crippen LogP contribution in [-0.4, -0.2) is 22.2 Å². The molecule has 0 bridgehead atoms. The average Bonchev–Trinajstić information content (AvgIpc) is 2.78. The lowest BCUT2D eigenvalue weighted by molar-refractivity contribution is 0.0771. The van der Waals surface area contributed by atoms with E-state index in [-0.39, 0.29) is 6.04 Å². The largest absolute Gasteiger partial charge is 0.389 e. The first kappa shape index (κ1) is 15.2. The van der Waals surface area contributed by atoms with Crippen LogP contribution in [0.25, 0.3) is 10.6 Å². The summed E-state index contributed by atoms with van der Waals surface area (Å²) >= 11 is 1.72. The zero-order valence-corrected chi connectivity index (χ0v) is 13.3. The second-order valence-corrected chi connectivity index (χ2v) is 6.78. The summed E-state index contributed by atoms with van der Waals surface area (Å²) in [5.41, 5.74) is 1.51. The van der Waals surface area contributed by atoms with Crippen molar-refractivity contribution in [2.75, 3.05) is 6.54 Å². The zero-order chi connectivity index (χ0) is 14.8. The van der Waals surface area contributed by atoms with E-state index in [9.17, 15) is 5.11 Å². The normalized spacial score (nSPS) is 13.4. The van der Waals surface area contributed by atoms with Crippen molar-refractivity contribution in [3.05, 3.63) is 40.9 Å². The van der Waals surface area contributed by atoms with Crippen LogP contribution < -0.4 is 5.32 Å². The molecule has 0 amide bonds. The van der Waals surface area contributed by atoms with Crippen LogP contribution in [0.3, 0.4) is 0 Å². The molecule has 0 saturated carbocycles. The minimum absolute atomic E-state index is 0.191. The van der Waals surface area contributed by atoms with Gasteiger partial charge in [-0.2, -0.15) is 0 Å². The van der Waals surface area contributed by atoms with Crippen LogP contribution in [0.2, 0.25) is 0 Å². The molecular weight excluding hydrogens is 268 g/mol. The highest BCUT2D eigenvalue weighted by Crippen LogP contribution is 2.31. The number of thiazole rings is 1. The minimum Gasteiger partial charge on any atom is -0.389 e. The lowest BCUT2D eigenvalue weighted by Crippen LogP contribution is -2.36. The van der Waals surface area contributed by atoms with Crippen molar-refractivity contribution in [1.29, 1.82) is 0 Å². The third-order valence-corrected chi connectivity index (χ3v) is 4.48. The molecule has 1 heterocycles. The van der Waals surface area contributed by atoms with Gasteiger partial charge in [-0.3, -0.25) is 0 Å². The highest BCUT2D eigenvalue weighted by molar-refractivity contribution is 7.15. The maximum atomic E-state index is 9.79. The number of benzene rings is 1. The van der Waals surface area contributed by atoms with Gasteiger partial charge in [-0.25, -0.2) is 4.98 Å². The Labute approximate surface area is 124 Å². The third kappa shape index (κ3) is 3.88. The number of rotatable bonds is 5. The van der Waals surface area contributed by atoms with E-state index in [1.807, 2.05) is 39.0 Å². The molecule has 0 saturated heterocycles. The predicted octanol–water partition coefficient (Wildman–Crippen LogP) is 3.54. The van der Waals surface area contributed by atoms with Crippen LogP contribution in [0, 0.1) is 6.92 Å². The molecule has 0 fully saturated rings. The van der Waals surface area contributed by atoms with Crippen molar-refractivity contribution in [3.8, 4) is 10.6 Å². The highest BCUT2D eigenvalue weighted by Gasteiger charge is 2.18. The minimum atomic E-state index is -0.699. The van der Waals surface area contributed by atoms with Crippen molar-refractivity contribution in [2.24, 2.45) is 0 Å². The number of nitrogens with one attached hydrogen (secondary N) is 1. The van der Waals surface area contributed by atoms with Gasteiger partial charge < -0.3 is 10.4 Å². The van der Waals surface area contributed by atoms with Gasteiger partial charge >= 0.3 is 0 Å². The van der Waals surface area contributed by atoms with E-state index in [4.69, 9.17) is 0 Å². The number of nitrogens with zero attached hydrogens (tertiary/aromatic N) is 1. The first-order valence-electron chi connectivity index (χ1n) is 6.85. The quantitative estimate of drug-likeness (QED) is 0.885. The second-order valence-electron chi connectivity index (χ2n) is 5.75. The SMILES string of the molecule is Cc1nc(-c2ccccc2)sc1C(C)NCC(C)(C)O. The predicted molar refractivity (Wildman–Crippen MR) is 85.0 cm³/mol. The number of hydrogen-bond acceptors (Lipinski definition) is 4. The van der Waals surface area contributed by atoms with Gasteiger partial charge in [0.2, 0.25) is 0 Å². The Hall–Kier alpha value is -1.23. The molecule has 1 atom stereocenters. The Balaban J connectivity index is 2.15. The van der Waals surface area contributed by atoms with Crippen LogP contribution in [-0.2, 0) is 0 Å². The van der Waals surface area contributed by atoms with Crippen molar-refractivity contribution in [2.45, 2.75) is 39.3 Å². The van der Waals surface area contributed by atoms with Gasteiger partial charge in [0.25, 0.3) is 0 Å². The maximum Gasteiger partial charge on any atom is 0.123 e. The molecule has 2 aromatic rings. The van der Waals surface area contributed by atoms with Gasteiger partial charge in [0.05, 0.1) is 11.3 Å². The van der Waals surface area contributed by atoms with Crippen LogP contribution in [0.4, 0.5) is 0 Å². The van der Waals surface area contributed by atoms with Crippen LogP contribution in [0.5, 0.6) is 0 Å². The summed E-state index contributed by atoms with van der Waals surface area (Å²) in [6.45, 7) is 8.33. The Bertz CT molecular complexity index is 558. The molecule has 0 aliphatic heterocycles. The number of hydrogen-bond donors (Lipinski definition) is 2. The first-order chi connectivity index (χ1) is 9.37. The number of aryl methyl sites for hydroxylation is 1. The Morgan fingerprint density at radius 3 is 2.55 bits per heavy atom. The van der Waals surface area contributed by atoms with E-state index < -0.39 is 5.60 Å². The summed E-state index contributed by atoms with van der Waals surface area (Å²) in [6, 6.07) is 10.4. The highest BCUT2D eigenvalue weighted by atomic mass is 32.1. The zero-order valence-electron chi connectivity index (χ0n) is 12.5. The Morgan fingerprint density at radius 2 is 1.95 bits per heavy atom. The molecule has 1 aromatic carbocycles. The maximum absolute atomic E-state index is 9.79. The molecule has 2 rings (SSSR count). The number of aromatic nitrogens is 1. The fourth-order valence-electron chi connectivity index (χ4n) is 2.01. The van der Waals surface area contributed by atoms with Gasteiger partial charge in [-0.15, -0.1) is 11.3 Å². The smallest absolute Gasteiger partial charge is 0.123 e. The lowest BCUT2D eigenvalue weighted by atomic mass is 10.1. The van der Waals surface area contributed by atoms with E-state index in [0.717, 1.165) is 16.3 Å². The standard InChI is InChI=1S/C16H22N2OS/c1-11(17-10-16(3,4)19)14-12(2)18-15(20-14)13-8-6-5-7-9-13/h5-9,11,17,19H,10H2,1-4H3. The molecule has 1 unspecified atom stereocenters. The van der Waals surface area contributed by atoms with Gasteiger partial charge in [0.15, 0.2) is 0 Å². The molecule has 0 aliphatic carbocycles. The molecule has 0 radical (unpaired) electrons. The summed E-state index contributed by atoms with van der Waals surface area (Å²) in [6.07, 6.45) is 0. The molecule has 0 aliphatic rings. The molecule has 2 N–H and O–H groups in total. The van der Waals surface area contributed by atoms with Gasteiger partial charge in [-0.05, 0) is 27.7 Å². The van der Waals surface area contributed by atoms with Gasteiger partial charge in [0.1, 0.15) is 5.01 Å². The molecule has 1 aromatic heterocycles. The monoisotopic (exact) mass is 290 g/mol. The third-order valence-electron chi connectivity index (χ3n) is 3.09. The molecular formula is C16H22N2OS. The van der Waals surface area contributed by atoms with Crippen LogP contribution in [0.15, 0.2) is 30.3 Å². The second kappa shape index (κ2) is 6.04. The first-order valence-corrected chi connectivity index (χ1v) is 7.67. The van der Waals surface area contributed by atoms with Crippen molar-refractivity contribution in [1.82, 2.24) is 10.3 Å². The molecule has 108 valence electrons. The number of aliphatic hydroxyl groups is 1. The fraction of sp³-hybridized carbons (Fsp3) is 0.438. The Morgan fingerprint density at radius 1 is 1.30 bits per heavy atom. The molecule has 0 spiro atoms. The topological polar surface area (TPSA) is 45.2 Å². The summed E-state index contributed by atoms with van der Waals surface area (Å²) in [7, 11) is 0. The van der Waals surface area contributed by atoms with E-state index in [0.29, 0.717) is 6.54 Å². The van der Waals surface area contributed by atoms with E-state index >= 15 is 0 Å². The molecule has 4 heteroatoms. The van der Waals surface area contributed by atoms with Crippen LogP contribution >= 0.6 is 11.3 Å². The van der Waals surface area contributed by atoms with E-state index in [1.165, 1.54) is 4.88 Å². The van der Waals surface area contributed by atoms with Gasteiger partial charge in [-0.1, -0.05) is 30.3 Å². The summed E-state index contributed by atoms with van der Waals surface area (Å²) in [4.78, 5) is 5.89. The lowest BCUT2D eigenvalue weighted by Gasteiger charge is -2.21. The van der Waals surface area contributed by atoms with Crippen LogP contribution in [0.1, 0.15) is 37.4 Å². The van der Waals surface area contributed by atoms with E-state index in [1.54, 1.807) is 11.3 Å². The molecule has 20 heavy (non-hydrogen) atoms. The fourth-order valence-corrected chi connectivity index (χ4v) is 3.11. The Kier molecular flexibility index (Phi) is 4.58. The average molecular weight is 290 g/mol. The van der Waals surface area contributed by atoms with E-state index in [2.05, 4.69) is 29.4 Å². The molecule has 3 nitrogen and oxygen atoms in total. The van der Waals surface area contributed by atoms with Crippen molar-refractivity contribution >= 4 is 11.3 Å². The summed E-state index contributed by atoms with van der Waals surface area (Å²) in [5, 5.41) is 14.2. The van der Waals surface area contributed by atoms with Crippen molar-refractivity contribution in [3.63, 3.8) is 0 Å². The summed E-state index contributed by atoms with van der Waals surface area (Å²) < 4.78 is 0. The summed E-state index contributed by atoms with van der Waals surface area (Å²) in [5.74, 6) is 0. The van der Waals surface area contributed by atoms with Gasteiger partial charge in [0, 0.05) is 23.0 Å².